The number of halogens is 1. The summed E-state index contributed by atoms with van der Waals surface area (Å²) in [5.41, 5.74) is 6.68. The molecule has 0 unspecified atom stereocenters. The van der Waals surface area contributed by atoms with Crippen molar-refractivity contribution in [3.05, 3.63) is 44.9 Å². The first-order chi connectivity index (χ1) is 9.08. The summed E-state index contributed by atoms with van der Waals surface area (Å²) in [5, 5.41) is 0.609. The minimum absolute atomic E-state index is 0.114. The van der Waals surface area contributed by atoms with Crippen molar-refractivity contribution in [2.75, 3.05) is 5.73 Å². The topological polar surface area (TPSA) is 76.3 Å². The van der Waals surface area contributed by atoms with Crippen LogP contribution in [0.3, 0.4) is 0 Å². The van der Waals surface area contributed by atoms with Gasteiger partial charge in [-0.3, -0.25) is 14.5 Å². The predicted octanol–water partition coefficient (Wildman–Crippen LogP) is 2.17. The summed E-state index contributed by atoms with van der Waals surface area (Å²) in [5.74, 6) is -0.733. The highest BCUT2D eigenvalue weighted by Crippen LogP contribution is 2.29. The van der Waals surface area contributed by atoms with Gasteiger partial charge in [-0.1, -0.05) is 17.7 Å². The van der Waals surface area contributed by atoms with E-state index in [4.69, 9.17) is 17.3 Å². The number of benzene rings is 1. The van der Waals surface area contributed by atoms with Gasteiger partial charge in [-0.05, 0) is 12.1 Å². The molecule has 0 atom stereocenters. The van der Waals surface area contributed by atoms with Gasteiger partial charge in [0.25, 0.3) is 11.8 Å². The van der Waals surface area contributed by atoms with Crippen molar-refractivity contribution in [2.45, 2.75) is 6.54 Å². The molecule has 19 heavy (non-hydrogen) atoms. The second-order valence-corrected chi connectivity index (χ2v) is 5.77. The fraction of sp³-hybridized carbons (Fsp3) is 0.0833. The largest absolute Gasteiger partial charge is 0.398 e. The molecule has 0 bridgehead atoms. The van der Waals surface area contributed by atoms with Gasteiger partial charge in [0, 0.05) is 5.69 Å². The SMILES string of the molecule is Nc1cccc2c1C(=O)N(Cc1ncc(Cl)s1)C2=O. The molecule has 0 saturated heterocycles. The molecule has 0 saturated carbocycles. The molecule has 3 rings (SSSR count). The second kappa shape index (κ2) is 4.32. The number of hydrogen-bond acceptors (Lipinski definition) is 5. The smallest absolute Gasteiger partial charge is 0.264 e. The molecule has 96 valence electrons. The Balaban J connectivity index is 1.97. The summed E-state index contributed by atoms with van der Waals surface area (Å²) in [4.78, 5) is 29.5. The average molecular weight is 294 g/mol. The number of nitrogens with two attached hydrogens (primary N) is 1. The number of hydrogen-bond donors (Lipinski definition) is 1. The van der Waals surface area contributed by atoms with Crippen LogP contribution in [-0.2, 0) is 6.54 Å². The van der Waals surface area contributed by atoms with E-state index in [1.807, 2.05) is 0 Å². The molecule has 2 N–H and O–H groups in total. The minimum atomic E-state index is -0.385. The van der Waals surface area contributed by atoms with Crippen LogP contribution in [0.1, 0.15) is 25.7 Å². The molecular weight excluding hydrogens is 286 g/mol. The lowest BCUT2D eigenvalue weighted by atomic mass is 10.1. The van der Waals surface area contributed by atoms with Crippen molar-refractivity contribution in [2.24, 2.45) is 0 Å². The predicted molar refractivity (Wildman–Crippen MR) is 72.2 cm³/mol. The van der Waals surface area contributed by atoms with E-state index in [0.717, 1.165) is 4.90 Å². The molecule has 0 spiro atoms. The van der Waals surface area contributed by atoms with Gasteiger partial charge in [-0.15, -0.1) is 11.3 Å². The van der Waals surface area contributed by atoms with Gasteiger partial charge < -0.3 is 5.73 Å². The van der Waals surface area contributed by atoms with Crippen molar-refractivity contribution >= 4 is 40.4 Å². The van der Waals surface area contributed by atoms with E-state index in [0.29, 0.717) is 20.6 Å². The summed E-state index contributed by atoms with van der Waals surface area (Å²) in [7, 11) is 0. The number of nitrogen functional groups attached to an aromatic ring is 1. The van der Waals surface area contributed by atoms with Crippen LogP contribution >= 0.6 is 22.9 Å². The Morgan fingerprint density at radius 1 is 1.32 bits per heavy atom. The first-order valence-corrected chi connectivity index (χ1v) is 6.62. The van der Waals surface area contributed by atoms with Crippen LogP contribution < -0.4 is 5.73 Å². The van der Waals surface area contributed by atoms with Crippen molar-refractivity contribution in [1.29, 1.82) is 0 Å². The molecule has 0 fully saturated rings. The number of thiazole rings is 1. The third-order valence-electron chi connectivity index (χ3n) is 2.85. The van der Waals surface area contributed by atoms with E-state index >= 15 is 0 Å². The maximum atomic E-state index is 12.2. The van der Waals surface area contributed by atoms with Gasteiger partial charge in [0.15, 0.2) is 0 Å². The molecule has 0 aliphatic carbocycles. The lowest BCUT2D eigenvalue weighted by molar-refractivity contribution is 0.0642. The molecule has 1 aliphatic heterocycles. The Bertz CT molecular complexity index is 698. The minimum Gasteiger partial charge on any atom is -0.398 e. The van der Waals surface area contributed by atoms with Crippen molar-refractivity contribution in [1.82, 2.24) is 9.88 Å². The number of aromatic nitrogens is 1. The van der Waals surface area contributed by atoms with E-state index in [9.17, 15) is 9.59 Å². The molecule has 7 heteroatoms. The van der Waals surface area contributed by atoms with Gasteiger partial charge in [0.05, 0.1) is 23.9 Å². The van der Waals surface area contributed by atoms with Gasteiger partial charge in [-0.2, -0.15) is 0 Å². The van der Waals surface area contributed by atoms with Crippen LogP contribution in [0.5, 0.6) is 0 Å². The molecule has 0 radical (unpaired) electrons. The van der Waals surface area contributed by atoms with Crippen LogP contribution in [0.2, 0.25) is 4.34 Å². The second-order valence-electron chi connectivity index (χ2n) is 4.02. The number of amides is 2. The number of nitrogens with zero attached hydrogens (tertiary/aromatic N) is 2. The zero-order valence-electron chi connectivity index (χ0n) is 9.59. The van der Waals surface area contributed by atoms with Crippen molar-refractivity contribution in [3.63, 3.8) is 0 Å². The molecular formula is C12H8ClN3O2S. The zero-order valence-corrected chi connectivity index (χ0v) is 11.2. The number of imide groups is 1. The molecule has 2 heterocycles. The lowest BCUT2D eigenvalue weighted by Gasteiger charge is -2.11. The normalized spacial score (nSPS) is 14.1. The Morgan fingerprint density at radius 2 is 2.11 bits per heavy atom. The monoisotopic (exact) mass is 293 g/mol. The fourth-order valence-corrected chi connectivity index (χ4v) is 2.95. The molecule has 1 aromatic carbocycles. The first-order valence-electron chi connectivity index (χ1n) is 5.43. The van der Waals surface area contributed by atoms with Gasteiger partial charge in [0.1, 0.15) is 9.34 Å². The number of fused-ring (bicyclic) bond motifs is 1. The molecule has 5 nitrogen and oxygen atoms in total. The molecule has 2 aromatic rings. The maximum absolute atomic E-state index is 12.2. The van der Waals surface area contributed by atoms with E-state index in [1.54, 1.807) is 18.2 Å². The number of rotatable bonds is 2. The lowest BCUT2D eigenvalue weighted by Crippen LogP contribution is -2.29. The Labute approximate surface area is 117 Å². The quantitative estimate of drug-likeness (QED) is 0.680. The van der Waals surface area contributed by atoms with Gasteiger partial charge in [-0.25, -0.2) is 4.98 Å². The number of carbonyl (C=O) groups is 2. The van der Waals surface area contributed by atoms with Gasteiger partial charge in [0.2, 0.25) is 0 Å². The summed E-state index contributed by atoms with van der Waals surface area (Å²) in [6.45, 7) is 0.114. The van der Waals surface area contributed by atoms with E-state index in [2.05, 4.69) is 4.98 Å². The first kappa shape index (κ1) is 12.1. The van der Waals surface area contributed by atoms with Crippen molar-refractivity contribution in [3.8, 4) is 0 Å². The van der Waals surface area contributed by atoms with Gasteiger partial charge >= 0.3 is 0 Å². The third kappa shape index (κ3) is 1.89. The van der Waals surface area contributed by atoms with E-state index in [1.165, 1.54) is 17.5 Å². The summed E-state index contributed by atoms with van der Waals surface area (Å²) in [6.07, 6.45) is 1.49. The Hall–Kier alpha value is -1.92. The fourth-order valence-electron chi connectivity index (χ4n) is 2.00. The Morgan fingerprint density at radius 3 is 2.74 bits per heavy atom. The molecule has 1 aromatic heterocycles. The van der Waals surface area contributed by atoms with E-state index in [-0.39, 0.29) is 23.9 Å². The van der Waals surface area contributed by atoms with Crippen molar-refractivity contribution < 1.29 is 9.59 Å². The average Bonchev–Trinajstić information content (AvgIpc) is 2.88. The Kier molecular flexibility index (Phi) is 2.76. The van der Waals surface area contributed by atoms with Crippen LogP contribution in [0.4, 0.5) is 5.69 Å². The summed E-state index contributed by atoms with van der Waals surface area (Å²) < 4.78 is 0.520. The van der Waals surface area contributed by atoms with Crippen LogP contribution in [-0.4, -0.2) is 21.7 Å². The summed E-state index contributed by atoms with van der Waals surface area (Å²) >= 11 is 7.02. The molecule has 2 amide bonds. The maximum Gasteiger partial charge on any atom is 0.264 e. The van der Waals surface area contributed by atoms with Crippen LogP contribution in [0.25, 0.3) is 0 Å². The van der Waals surface area contributed by atoms with E-state index < -0.39 is 0 Å². The molecule has 1 aliphatic rings. The van der Waals surface area contributed by atoms with Crippen LogP contribution in [0, 0.1) is 0 Å². The summed E-state index contributed by atoms with van der Waals surface area (Å²) in [6, 6.07) is 4.86. The van der Waals surface area contributed by atoms with Crippen LogP contribution in [0.15, 0.2) is 24.4 Å². The highest BCUT2D eigenvalue weighted by atomic mass is 35.5. The highest BCUT2D eigenvalue weighted by Gasteiger charge is 2.37. The zero-order chi connectivity index (χ0) is 13.6. The highest BCUT2D eigenvalue weighted by molar-refractivity contribution is 7.15. The standard InChI is InChI=1S/C12H8ClN3O2S/c13-8-4-15-9(19-8)5-16-11(17)6-2-1-3-7(14)10(6)12(16)18/h1-4H,5,14H2. The third-order valence-corrected chi connectivity index (χ3v) is 3.95. The number of carbonyl (C=O) groups excluding carboxylic acids is 2. The number of anilines is 1.